The summed E-state index contributed by atoms with van der Waals surface area (Å²) in [6.45, 7) is 3.65. The molecule has 1 saturated carbocycles. The van der Waals surface area contributed by atoms with Crippen LogP contribution in [0.4, 0.5) is 11.4 Å². The van der Waals surface area contributed by atoms with Crippen LogP contribution in [0.15, 0.2) is 12.1 Å². The Labute approximate surface area is 117 Å². The van der Waals surface area contributed by atoms with Crippen LogP contribution in [-0.4, -0.2) is 16.4 Å². The maximum atomic E-state index is 12.2. The second-order valence-corrected chi connectivity index (χ2v) is 5.53. The maximum Gasteiger partial charge on any atom is 0.293 e. The molecular weight excluding hydrogens is 258 g/mol. The summed E-state index contributed by atoms with van der Waals surface area (Å²) in [6.07, 6.45) is 3.08. The van der Waals surface area contributed by atoms with Crippen molar-refractivity contribution in [3.8, 4) is 0 Å². The zero-order chi connectivity index (χ0) is 14.9. The van der Waals surface area contributed by atoms with Gasteiger partial charge in [-0.1, -0.05) is 12.8 Å². The van der Waals surface area contributed by atoms with Crippen LogP contribution in [0.5, 0.6) is 0 Å². The third-order valence-corrected chi connectivity index (χ3v) is 4.00. The normalized spacial score (nSPS) is 16.9. The summed E-state index contributed by atoms with van der Waals surface area (Å²) in [5, 5.41) is 13.7. The number of aryl methyl sites for hydroxylation is 2. The highest BCUT2D eigenvalue weighted by Gasteiger charge is 2.37. The number of hydrogen-bond donors (Lipinski definition) is 2. The van der Waals surface area contributed by atoms with E-state index < -0.39 is 10.5 Å². The Balaban J connectivity index is 2.31. The van der Waals surface area contributed by atoms with Gasteiger partial charge in [-0.2, -0.15) is 0 Å². The third kappa shape index (κ3) is 2.65. The van der Waals surface area contributed by atoms with Gasteiger partial charge in [0, 0.05) is 6.07 Å². The molecule has 1 aromatic rings. The molecular formula is C14H19N3O3. The molecule has 0 radical (unpaired) electrons. The van der Waals surface area contributed by atoms with E-state index in [2.05, 4.69) is 5.32 Å². The van der Waals surface area contributed by atoms with E-state index in [9.17, 15) is 14.9 Å². The van der Waals surface area contributed by atoms with E-state index in [4.69, 9.17) is 5.73 Å². The fourth-order valence-electron chi connectivity index (χ4n) is 2.53. The van der Waals surface area contributed by atoms with E-state index in [1.165, 1.54) is 6.07 Å². The molecule has 20 heavy (non-hydrogen) atoms. The number of amides is 1. The van der Waals surface area contributed by atoms with Gasteiger partial charge >= 0.3 is 0 Å². The standard InChI is InChI=1S/C14H19N3O3/c1-9-7-11(12(17(19)20)8-10(9)2)16-13(18)14(15)5-3-4-6-14/h7-8H,3-6,15H2,1-2H3,(H,16,18). The first-order valence-corrected chi connectivity index (χ1v) is 6.69. The Bertz CT molecular complexity index is 563. The molecule has 0 heterocycles. The number of hydrogen-bond acceptors (Lipinski definition) is 4. The molecule has 0 aliphatic heterocycles. The van der Waals surface area contributed by atoms with Gasteiger partial charge in [0.15, 0.2) is 0 Å². The number of carbonyl (C=O) groups excluding carboxylic acids is 1. The minimum absolute atomic E-state index is 0.0944. The van der Waals surface area contributed by atoms with Crippen LogP contribution in [0.25, 0.3) is 0 Å². The quantitative estimate of drug-likeness (QED) is 0.654. The zero-order valence-corrected chi connectivity index (χ0v) is 11.7. The Morgan fingerprint density at radius 1 is 1.30 bits per heavy atom. The molecule has 3 N–H and O–H groups in total. The lowest BCUT2D eigenvalue weighted by atomic mass is 9.97. The lowest BCUT2D eigenvalue weighted by molar-refractivity contribution is -0.384. The van der Waals surface area contributed by atoms with E-state index in [0.29, 0.717) is 12.8 Å². The third-order valence-electron chi connectivity index (χ3n) is 4.00. The highest BCUT2D eigenvalue weighted by atomic mass is 16.6. The van der Waals surface area contributed by atoms with E-state index in [0.717, 1.165) is 24.0 Å². The molecule has 1 fully saturated rings. The van der Waals surface area contributed by atoms with Gasteiger partial charge in [0.05, 0.1) is 10.5 Å². The number of anilines is 1. The van der Waals surface area contributed by atoms with Crippen molar-refractivity contribution in [2.45, 2.75) is 45.1 Å². The molecule has 6 nitrogen and oxygen atoms in total. The van der Waals surface area contributed by atoms with Crippen LogP contribution in [0.2, 0.25) is 0 Å². The lowest BCUT2D eigenvalue weighted by Gasteiger charge is -2.22. The summed E-state index contributed by atoms with van der Waals surface area (Å²) in [7, 11) is 0. The fraction of sp³-hybridized carbons (Fsp3) is 0.500. The second-order valence-electron chi connectivity index (χ2n) is 5.53. The van der Waals surface area contributed by atoms with Gasteiger partial charge in [-0.3, -0.25) is 14.9 Å². The van der Waals surface area contributed by atoms with Crippen molar-refractivity contribution >= 4 is 17.3 Å². The number of nitrogens with two attached hydrogens (primary N) is 1. The molecule has 0 aromatic heterocycles. The summed E-state index contributed by atoms with van der Waals surface area (Å²) in [5.74, 6) is -0.332. The molecule has 0 saturated heterocycles. The number of benzene rings is 1. The molecule has 0 spiro atoms. The largest absolute Gasteiger partial charge is 0.319 e. The summed E-state index contributed by atoms with van der Waals surface area (Å²) in [5.41, 5.74) is 7.00. The Morgan fingerprint density at radius 3 is 2.40 bits per heavy atom. The number of nitrogens with one attached hydrogen (secondary N) is 1. The maximum absolute atomic E-state index is 12.2. The summed E-state index contributed by atoms with van der Waals surface area (Å²) in [4.78, 5) is 22.9. The molecule has 108 valence electrons. The van der Waals surface area contributed by atoms with Crippen molar-refractivity contribution in [3.63, 3.8) is 0 Å². The average Bonchev–Trinajstić information content (AvgIpc) is 2.81. The topological polar surface area (TPSA) is 98.3 Å². The van der Waals surface area contributed by atoms with Crippen molar-refractivity contribution in [3.05, 3.63) is 33.4 Å². The lowest BCUT2D eigenvalue weighted by Crippen LogP contribution is -2.48. The van der Waals surface area contributed by atoms with Gasteiger partial charge in [-0.05, 0) is 43.9 Å². The van der Waals surface area contributed by atoms with Gasteiger partial charge in [0.25, 0.3) is 5.69 Å². The van der Waals surface area contributed by atoms with Gasteiger partial charge in [-0.25, -0.2) is 0 Å². The highest BCUT2D eigenvalue weighted by Crippen LogP contribution is 2.32. The van der Waals surface area contributed by atoms with Crippen molar-refractivity contribution < 1.29 is 9.72 Å². The van der Waals surface area contributed by atoms with E-state index >= 15 is 0 Å². The average molecular weight is 277 g/mol. The molecule has 0 bridgehead atoms. The number of rotatable bonds is 3. The minimum Gasteiger partial charge on any atom is -0.319 e. The summed E-state index contributed by atoms with van der Waals surface area (Å²) >= 11 is 0. The molecule has 1 aliphatic carbocycles. The van der Waals surface area contributed by atoms with Crippen LogP contribution >= 0.6 is 0 Å². The summed E-state index contributed by atoms with van der Waals surface area (Å²) < 4.78 is 0. The van der Waals surface area contributed by atoms with Gasteiger partial charge in [0.1, 0.15) is 5.69 Å². The van der Waals surface area contributed by atoms with Crippen molar-refractivity contribution in [1.29, 1.82) is 0 Å². The first-order chi connectivity index (χ1) is 9.33. The second kappa shape index (κ2) is 5.20. The van der Waals surface area contributed by atoms with Crippen molar-refractivity contribution in [2.75, 3.05) is 5.32 Å². The minimum atomic E-state index is -0.896. The monoisotopic (exact) mass is 277 g/mol. The van der Waals surface area contributed by atoms with Crippen LogP contribution in [0.3, 0.4) is 0 Å². The predicted molar refractivity (Wildman–Crippen MR) is 76.6 cm³/mol. The van der Waals surface area contributed by atoms with Crippen molar-refractivity contribution in [2.24, 2.45) is 5.73 Å². The van der Waals surface area contributed by atoms with Crippen LogP contribution in [0, 0.1) is 24.0 Å². The van der Waals surface area contributed by atoms with Gasteiger partial charge in [0.2, 0.25) is 5.91 Å². The zero-order valence-electron chi connectivity index (χ0n) is 11.7. The van der Waals surface area contributed by atoms with E-state index in [1.54, 1.807) is 13.0 Å². The molecule has 1 aliphatic rings. The van der Waals surface area contributed by atoms with Crippen LogP contribution in [0.1, 0.15) is 36.8 Å². The molecule has 0 atom stereocenters. The molecule has 6 heteroatoms. The number of carbonyl (C=O) groups is 1. The predicted octanol–water partition coefficient (Wildman–Crippen LogP) is 2.42. The molecule has 2 rings (SSSR count). The Hall–Kier alpha value is -1.95. The number of nitrogens with zero attached hydrogens (tertiary/aromatic N) is 1. The molecule has 1 aromatic carbocycles. The molecule has 1 amide bonds. The van der Waals surface area contributed by atoms with Crippen LogP contribution in [-0.2, 0) is 4.79 Å². The van der Waals surface area contributed by atoms with Crippen LogP contribution < -0.4 is 11.1 Å². The fourth-order valence-corrected chi connectivity index (χ4v) is 2.53. The van der Waals surface area contributed by atoms with E-state index in [-0.39, 0.29) is 17.3 Å². The number of nitro groups is 1. The number of nitro benzene ring substituents is 1. The summed E-state index contributed by atoms with van der Waals surface area (Å²) in [6, 6.07) is 3.10. The Morgan fingerprint density at radius 2 is 1.85 bits per heavy atom. The van der Waals surface area contributed by atoms with Crippen molar-refractivity contribution in [1.82, 2.24) is 0 Å². The first kappa shape index (κ1) is 14.5. The van der Waals surface area contributed by atoms with Gasteiger partial charge < -0.3 is 11.1 Å². The van der Waals surface area contributed by atoms with Gasteiger partial charge in [-0.15, -0.1) is 0 Å². The van der Waals surface area contributed by atoms with E-state index in [1.807, 2.05) is 6.92 Å². The highest BCUT2D eigenvalue weighted by molar-refractivity contribution is 5.99. The Kier molecular flexibility index (Phi) is 3.76. The smallest absolute Gasteiger partial charge is 0.293 e. The molecule has 0 unspecified atom stereocenters. The first-order valence-electron chi connectivity index (χ1n) is 6.69. The SMILES string of the molecule is Cc1cc(NC(=O)C2(N)CCCC2)c([N+](=O)[O-])cc1C.